The van der Waals surface area contributed by atoms with Crippen molar-refractivity contribution in [3.05, 3.63) is 53.6 Å². The Balaban J connectivity index is 1.98. The van der Waals surface area contributed by atoms with Crippen LogP contribution in [0.15, 0.2) is 42.5 Å². The standard InChI is InChI=1S/C24H32O6/c1-15-13-17(9-11-20(15)25)16(2)21(26)12-10-19-18(22(27)14-23(19)28)7-5-3-4-6-8-24(29)30/h3,5,9-13,16,18-19,21,23,25-26,28H,4,6-8,14H2,1-2H3,(H,29,30)/b5-3-,12-10+/t16?,18-,19-,21?,23-/m1/s1. The highest BCUT2D eigenvalue weighted by atomic mass is 16.4. The fraction of sp³-hybridized carbons (Fsp3) is 0.500. The van der Waals surface area contributed by atoms with Crippen LogP contribution in [0.4, 0.5) is 0 Å². The number of allylic oxidation sites excluding steroid dienone is 2. The summed E-state index contributed by atoms with van der Waals surface area (Å²) < 4.78 is 0. The van der Waals surface area contributed by atoms with Gasteiger partial charge in [-0.2, -0.15) is 0 Å². The van der Waals surface area contributed by atoms with Gasteiger partial charge in [0.2, 0.25) is 0 Å². The van der Waals surface area contributed by atoms with Crippen molar-refractivity contribution in [3.8, 4) is 5.75 Å². The molecule has 0 amide bonds. The molecule has 1 saturated carbocycles. The highest BCUT2D eigenvalue weighted by Crippen LogP contribution is 2.34. The number of carbonyl (C=O) groups excluding carboxylic acids is 1. The fourth-order valence-corrected chi connectivity index (χ4v) is 3.83. The lowest BCUT2D eigenvalue weighted by Crippen LogP contribution is -2.20. The van der Waals surface area contributed by atoms with Gasteiger partial charge in [-0.1, -0.05) is 43.4 Å². The van der Waals surface area contributed by atoms with Crippen LogP contribution in [0.1, 0.15) is 56.1 Å². The topological polar surface area (TPSA) is 115 Å². The van der Waals surface area contributed by atoms with E-state index in [1.165, 1.54) is 0 Å². The van der Waals surface area contributed by atoms with Crippen LogP contribution in [-0.4, -0.2) is 44.4 Å². The number of carboxylic acids is 1. The molecule has 0 aromatic heterocycles. The Morgan fingerprint density at radius 1 is 1.30 bits per heavy atom. The zero-order valence-electron chi connectivity index (χ0n) is 17.6. The van der Waals surface area contributed by atoms with Crippen molar-refractivity contribution in [2.75, 3.05) is 0 Å². The van der Waals surface area contributed by atoms with Crippen molar-refractivity contribution < 1.29 is 30.0 Å². The van der Waals surface area contributed by atoms with Crippen LogP contribution in [0.3, 0.4) is 0 Å². The van der Waals surface area contributed by atoms with E-state index in [-0.39, 0.29) is 42.1 Å². The molecule has 0 heterocycles. The van der Waals surface area contributed by atoms with E-state index in [0.29, 0.717) is 19.3 Å². The predicted octanol–water partition coefficient (Wildman–Crippen LogP) is 3.49. The summed E-state index contributed by atoms with van der Waals surface area (Å²) in [5.74, 6) is -1.51. The van der Waals surface area contributed by atoms with Gasteiger partial charge in [0.15, 0.2) is 0 Å². The van der Waals surface area contributed by atoms with E-state index in [1.807, 2.05) is 25.1 Å². The summed E-state index contributed by atoms with van der Waals surface area (Å²) in [6, 6.07) is 5.22. The molecule has 0 spiro atoms. The molecule has 1 aliphatic rings. The maximum Gasteiger partial charge on any atom is 0.303 e. The molecule has 6 heteroatoms. The number of aromatic hydroxyl groups is 1. The summed E-state index contributed by atoms with van der Waals surface area (Å²) in [4.78, 5) is 22.8. The lowest BCUT2D eigenvalue weighted by molar-refractivity contribution is -0.137. The Morgan fingerprint density at radius 3 is 2.70 bits per heavy atom. The lowest BCUT2D eigenvalue weighted by Gasteiger charge is -2.20. The third kappa shape index (κ3) is 6.54. The molecule has 1 aromatic carbocycles. The third-order valence-corrected chi connectivity index (χ3v) is 5.84. The van der Waals surface area contributed by atoms with E-state index in [4.69, 9.17) is 5.11 Å². The van der Waals surface area contributed by atoms with Crippen molar-refractivity contribution in [2.24, 2.45) is 11.8 Å². The summed E-state index contributed by atoms with van der Waals surface area (Å²) in [6.45, 7) is 3.68. The van der Waals surface area contributed by atoms with E-state index in [9.17, 15) is 24.9 Å². The number of phenols is 1. The highest BCUT2D eigenvalue weighted by molar-refractivity contribution is 5.84. The molecule has 6 nitrogen and oxygen atoms in total. The van der Waals surface area contributed by atoms with Crippen molar-refractivity contribution >= 4 is 11.8 Å². The second kappa shape index (κ2) is 11.1. The molecule has 2 unspecified atom stereocenters. The van der Waals surface area contributed by atoms with Crippen LogP contribution in [0.2, 0.25) is 0 Å². The van der Waals surface area contributed by atoms with Gasteiger partial charge in [0.1, 0.15) is 11.5 Å². The number of unbranched alkanes of at least 4 members (excludes halogenated alkanes) is 1. The zero-order valence-corrected chi connectivity index (χ0v) is 17.6. The van der Waals surface area contributed by atoms with E-state index < -0.39 is 18.2 Å². The second-order valence-electron chi connectivity index (χ2n) is 8.12. The number of aliphatic carboxylic acids is 1. The molecule has 164 valence electrons. The van der Waals surface area contributed by atoms with Gasteiger partial charge < -0.3 is 20.4 Å². The Bertz CT molecular complexity index is 797. The van der Waals surface area contributed by atoms with Gasteiger partial charge in [-0.15, -0.1) is 0 Å². The van der Waals surface area contributed by atoms with Crippen LogP contribution < -0.4 is 0 Å². The smallest absolute Gasteiger partial charge is 0.303 e. The number of aryl methyl sites for hydroxylation is 1. The summed E-state index contributed by atoms with van der Waals surface area (Å²) in [5.41, 5.74) is 1.63. The first kappa shape index (κ1) is 23.8. The fourth-order valence-electron chi connectivity index (χ4n) is 3.83. The van der Waals surface area contributed by atoms with Crippen LogP contribution >= 0.6 is 0 Å². The number of carboxylic acid groups (broad SMARTS) is 1. The van der Waals surface area contributed by atoms with Gasteiger partial charge in [0, 0.05) is 30.6 Å². The molecule has 1 aliphatic carbocycles. The molecule has 5 atom stereocenters. The molecule has 2 rings (SSSR count). The number of Topliss-reactive ketones (excluding diaryl/α,β-unsaturated/α-hetero) is 1. The van der Waals surface area contributed by atoms with E-state index >= 15 is 0 Å². The molecular weight excluding hydrogens is 384 g/mol. The molecule has 30 heavy (non-hydrogen) atoms. The number of ketones is 1. The van der Waals surface area contributed by atoms with Crippen molar-refractivity contribution in [2.45, 2.75) is 64.1 Å². The van der Waals surface area contributed by atoms with E-state index in [0.717, 1.165) is 11.1 Å². The third-order valence-electron chi connectivity index (χ3n) is 5.84. The van der Waals surface area contributed by atoms with Gasteiger partial charge in [0.25, 0.3) is 0 Å². The molecular formula is C24H32O6. The minimum Gasteiger partial charge on any atom is -0.508 e. The van der Waals surface area contributed by atoms with Gasteiger partial charge >= 0.3 is 5.97 Å². The van der Waals surface area contributed by atoms with E-state index in [1.54, 1.807) is 31.2 Å². The monoisotopic (exact) mass is 416 g/mol. The number of carbonyl (C=O) groups is 2. The van der Waals surface area contributed by atoms with Crippen molar-refractivity contribution in [3.63, 3.8) is 0 Å². The van der Waals surface area contributed by atoms with E-state index in [2.05, 4.69) is 0 Å². The first-order valence-corrected chi connectivity index (χ1v) is 10.4. The van der Waals surface area contributed by atoms with Crippen LogP contribution in [0.5, 0.6) is 5.75 Å². The van der Waals surface area contributed by atoms with Crippen molar-refractivity contribution in [1.29, 1.82) is 0 Å². The SMILES string of the molecule is Cc1cc(C(C)C(O)/C=C/[C@H]2[C@H](O)CC(=O)[C@@H]2C/C=C\CCCC(=O)O)ccc1O. The summed E-state index contributed by atoms with van der Waals surface area (Å²) in [7, 11) is 0. The summed E-state index contributed by atoms with van der Waals surface area (Å²) in [6.07, 6.45) is 7.49. The Kier molecular flexibility index (Phi) is 8.81. The summed E-state index contributed by atoms with van der Waals surface area (Å²) >= 11 is 0. The normalized spacial score (nSPS) is 24.0. The van der Waals surface area contributed by atoms with Gasteiger partial charge in [0.05, 0.1) is 12.2 Å². The molecule has 0 radical (unpaired) electrons. The Morgan fingerprint density at radius 2 is 2.03 bits per heavy atom. The second-order valence-corrected chi connectivity index (χ2v) is 8.12. The lowest BCUT2D eigenvalue weighted by atomic mass is 9.88. The number of rotatable bonds is 10. The van der Waals surface area contributed by atoms with Gasteiger partial charge in [-0.05, 0) is 43.4 Å². The molecule has 0 saturated heterocycles. The highest BCUT2D eigenvalue weighted by Gasteiger charge is 2.39. The van der Waals surface area contributed by atoms with Crippen LogP contribution in [0, 0.1) is 18.8 Å². The van der Waals surface area contributed by atoms with Crippen LogP contribution in [-0.2, 0) is 9.59 Å². The summed E-state index contributed by atoms with van der Waals surface area (Å²) in [5, 5.41) is 39.2. The first-order chi connectivity index (χ1) is 14.2. The first-order valence-electron chi connectivity index (χ1n) is 10.4. The molecule has 4 N–H and O–H groups in total. The average molecular weight is 417 g/mol. The predicted molar refractivity (Wildman–Crippen MR) is 114 cm³/mol. The van der Waals surface area contributed by atoms with Crippen LogP contribution in [0.25, 0.3) is 0 Å². The average Bonchev–Trinajstić information content (AvgIpc) is 2.96. The molecule has 1 aromatic rings. The minimum absolute atomic E-state index is 0.00373. The maximum atomic E-state index is 12.3. The number of aliphatic hydroxyl groups is 2. The quantitative estimate of drug-likeness (QED) is 0.343. The zero-order chi connectivity index (χ0) is 22.3. The van der Waals surface area contributed by atoms with Gasteiger partial charge in [-0.25, -0.2) is 0 Å². The molecule has 0 bridgehead atoms. The largest absolute Gasteiger partial charge is 0.508 e. The Hall–Kier alpha value is -2.44. The molecule has 0 aliphatic heterocycles. The number of hydrogen-bond acceptors (Lipinski definition) is 5. The number of phenolic OH excluding ortho intramolecular Hbond substituents is 1. The Labute approximate surface area is 177 Å². The van der Waals surface area contributed by atoms with Gasteiger partial charge in [-0.3, -0.25) is 9.59 Å². The number of benzene rings is 1. The number of hydrogen-bond donors (Lipinski definition) is 4. The van der Waals surface area contributed by atoms with Crippen molar-refractivity contribution in [1.82, 2.24) is 0 Å². The maximum absolute atomic E-state index is 12.3. The number of aliphatic hydroxyl groups excluding tert-OH is 2. The molecule has 1 fully saturated rings. The minimum atomic E-state index is -0.821.